The van der Waals surface area contributed by atoms with E-state index in [9.17, 15) is 13.2 Å². The summed E-state index contributed by atoms with van der Waals surface area (Å²) in [6, 6.07) is 12.5. The lowest BCUT2D eigenvalue weighted by molar-refractivity contribution is 0.0979. The molecule has 260 valence electrons. The number of para-hydroxylation sites is 1. The quantitative estimate of drug-likeness (QED) is 0.356. The Morgan fingerprint density at radius 3 is 2.52 bits per heavy atom. The smallest absolute Gasteiger partial charge is 0.303 e. The fourth-order valence-corrected chi connectivity index (χ4v) is 9.40. The monoisotopic (exact) mass is 675 g/mol. The Hall–Kier alpha value is -2.92. The maximum Gasteiger partial charge on any atom is 0.303 e. The van der Waals surface area contributed by atoms with Crippen LogP contribution in [-0.2, 0) is 23.2 Å². The van der Waals surface area contributed by atoms with E-state index in [2.05, 4.69) is 43.4 Å². The van der Waals surface area contributed by atoms with Gasteiger partial charge in [-0.3, -0.25) is 4.79 Å². The van der Waals surface area contributed by atoms with Crippen LogP contribution in [0.2, 0.25) is 0 Å². The minimum atomic E-state index is -3.98. The summed E-state index contributed by atoms with van der Waals surface area (Å²) in [6.07, 6.45) is 12.7. The van der Waals surface area contributed by atoms with E-state index in [0.29, 0.717) is 37.1 Å². The number of benzene rings is 2. The predicted octanol–water partition coefficient (Wildman–Crippen LogP) is 6.03. The van der Waals surface area contributed by atoms with Crippen molar-refractivity contribution in [2.45, 2.75) is 83.1 Å². The van der Waals surface area contributed by atoms with Crippen molar-refractivity contribution in [2.75, 3.05) is 60.0 Å². The van der Waals surface area contributed by atoms with Crippen LogP contribution in [-0.4, -0.2) is 93.0 Å². The number of nitrogens with zero attached hydrogens (tertiary/aromatic N) is 4. The fraction of sp³-hybridized carbons (Fsp3) is 0.605. The lowest BCUT2D eigenvalue weighted by atomic mass is 9.81. The van der Waals surface area contributed by atoms with Crippen LogP contribution in [0.1, 0.15) is 91.6 Å². The molecule has 48 heavy (non-hydrogen) atoms. The highest BCUT2D eigenvalue weighted by molar-refractivity contribution is 7.87. The number of nitrogens with one attached hydrogen (secondary N) is 1. The molecule has 3 aromatic rings. The number of hydrogen-bond acceptors (Lipinski definition) is 6. The third-order valence-corrected chi connectivity index (χ3v) is 12.8. The van der Waals surface area contributed by atoms with Crippen LogP contribution in [0.5, 0.6) is 5.75 Å². The number of likely N-dealkylation sites (tertiary alicyclic amines) is 1. The normalized spacial score (nSPS) is 23.5. The highest BCUT2D eigenvalue weighted by atomic mass is 32.2. The van der Waals surface area contributed by atoms with E-state index >= 15 is 0 Å². The van der Waals surface area contributed by atoms with Gasteiger partial charge in [0.1, 0.15) is 5.75 Å². The molecule has 1 aliphatic carbocycles. The van der Waals surface area contributed by atoms with Gasteiger partial charge in [-0.15, -0.1) is 0 Å². The highest BCUT2D eigenvalue weighted by Gasteiger charge is 2.32. The third-order valence-electron chi connectivity index (χ3n) is 11.3. The van der Waals surface area contributed by atoms with Crippen LogP contribution < -0.4 is 9.46 Å². The van der Waals surface area contributed by atoms with Gasteiger partial charge in [-0.1, -0.05) is 37.5 Å². The van der Waals surface area contributed by atoms with Crippen molar-refractivity contribution >= 4 is 27.0 Å². The molecule has 1 saturated carbocycles. The molecule has 0 spiro atoms. The van der Waals surface area contributed by atoms with E-state index in [1.54, 1.807) is 0 Å². The molecule has 3 aliphatic heterocycles. The minimum Gasteiger partial charge on any atom is -0.492 e. The molecule has 1 amide bonds. The van der Waals surface area contributed by atoms with Gasteiger partial charge in [-0.05, 0) is 120 Å². The Labute approximate surface area is 286 Å². The van der Waals surface area contributed by atoms with Gasteiger partial charge in [0.2, 0.25) is 0 Å². The Morgan fingerprint density at radius 2 is 1.71 bits per heavy atom. The molecular weight excluding hydrogens is 623 g/mol. The van der Waals surface area contributed by atoms with E-state index in [4.69, 9.17) is 4.74 Å². The number of likely N-dealkylation sites (N-methyl/N-ethyl adjacent to an activating group) is 2. The molecule has 4 bridgehead atoms. The molecule has 0 unspecified atom stereocenters. The molecular formula is C38H53N5O4S. The number of aromatic nitrogens is 1. The lowest BCUT2D eigenvalue weighted by Crippen LogP contribution is -2.44. The largest absolute Gasteiger partial charge is 0.492 e. The van der Waals surface area contributed by atoms with Crippen LogP contribution in [0.15, 0.2) is 36.4 Å². The van der Waals surface area contributed by atoms with Crippen LogP contribution in [0.4, 0.5) is 0 Å². The maximum atomic E-state index is 13.6. The van der Waals surface area contributed by atoms with E-state index in [1.165, 1.54) is 78.8 Å². The van der Waals surface area contributed by atoms with E-state index in [0.717, 1.165) is 75.0 Å². The number of carbonyl (C=O) groups is 1. The molecule has 1 atom stereocenters. The Bertz CT molecular complexity index is 1720. The molecule has 0 radical (unpaired) electrons. The highest BCUT2D eigenvalue weighted by Crippen LogP contribution is 2.48. The summed E-state index contributed by atoms with van der Waals surface area (Å²) >= 11 is 0. The van der Waals surface area contributed by atoms with Crippen LogP contribution in [0, 0.1) is 5.92 Å². The van der Waals surface area contributed by atoms with Crippen molar-refractivity contribution in [3.05, 3.63) is 53.1 Å². The average Bonchev–Trinajstić information content (AvgIpc) is 3.70. The van der Waals surface area contributed by atoms with Gasteiger partial charge in [0.25, 0.3) is 5.91 Å². The van der Waals surface area contributed by atoms with Gasteiger partial charge < -0.3 is 19.1 Å². The summed E-state index contributed by atoms with van der Waals surface area (Å²) in [6.45, 7) is 6.77. The minimum absolute atomic E-state index is 0.297. The van der Waals surface area contributed by atoms with Gasteiger partial charge in [0, 0.05) is 54.6 Å². The first-order valence-electron chi connectivity index (χ1n) is 18.4. The number of amides is 1. The van der Waals surface area contributed by atoms with Crippen LogP contribution in [0.3, 0.4) is 0 Å². The molecule has 2 fully saturated rings. The summed E-state index contributed by atoms with van der Waals surface area (Å²) in [5.41, 5.74) is 6.45. The zero-order valence-corrected chi connectivity index (χ0v) is 29.7. The van der Waals surface area contributed by atoms with Gasteiger partial charge in [0.15, 0.2) is 0 Å². The van der Waals surface area contributed by atoms with Gasteiger partial charge in [-0.25, -0.2) is 4.72 Å². The second-order valence-corrected chi connectivity index (χ2v) is 16.5. The van der Waals surface area contributed by atoms with Crippen LogP contribution in [0.25, 0.3) is 22.2 Å². The van der Waals surface area contributed by atoms with E-state index in [-0.39, 0.29) is 0 Å². The second-order valence-electron chi connectivity index (χ2n) is 14.8. The summed E-state index contributed by atoms with van der Waals surface area (Å²) in [5, 5.41) is 1.18. The molecule has 10 heteroatoms. The molecule has 1 saturated heterocycles. The summed E-state index contributed by atoms with van der Waals surface area (Å²) < 4.78 is 39.3. The molecule has 2 aromatic carbocycles. The van der Waals surface area contributed by atoms with Crippen molar-refractivity contribution in [2.24, 2.45) is 5.92 Å². The lowest BCUT2D eigenvalue weighted by Gasteiger charge is -2.29. The molecule has 9 nitrogen and oxygen atoms in total. The SMILES string of the molecule is CN1CCC[C@H]2COc3c(CCCN4CCCC4)cccc3-c3c(C4CCCCC4)c4ccc(cc4n3C2)C(=O)NS(=O)(=O)N(C)CC1. The second kappa shape index (κ2) is 14.5. The number of ether oxygens (including phenoxy) is 1. The molecule has 4 aliphatic rings. The van der Waals surface area contributed by atoms with Crippen molar-refractivity contribution in [1.82, 2.24) is 23.4 Å². The standard InChI is InChI=1S/C38H53N5O4S/c1-40-19-9-11-28-26-43-34-25-31(38(44)39-48(45,46)41(2)24-23-40)17-18-32(34)35(29-12-4-3-5-13-29)36(43)33-16-8-14-30(37(33)47-27-28)15-10-22-42-20-6-7-21-42/h8,14,16-18,25,28-29H,3-7,9-13,15,19-24,26-27H2,1-2H3,(H,39,44)/t28-/m1/s1. The maximum absolute atomic E-state index is 13.6. The van der Waals surface area contributed by atoms with Gasteiger partial charge >= 0.3 is 10.2 Å². The molecule has 1 N–H and O–H groups in total. The number of carbonyl (C=O) groups excluding carboxylic acids is 1. The van der Waals surface area contributed by atoms with Crippen molar-refractivity contribution in [3.8, 4) is 17.0 Å². The third kappa shape index (κ3) is 7.04. The Morgan fingerprint density at radius 1 is 0.896 bits per heavy atom. The zero-order chi connectivity index (χ0) is 33.3. The summed E-state index contributed by atoms with van der Waals surface area (Å²) in [5.74, 6) is 1.17. The molecule has 4 heterocycles. The van der Waals surface area contributed by atoms with E-state index < -0.39 is 16.1 Å². The molecule has 1 aromatic heterocycles. The summed E-state index contributed by atoms with van der Waals surface area (Å²) in [4.78, 5) is 18.3. The van der Waals surface area contributed by atoms with Gasteiger partial charge in [0.05, 0.1) is 12.3 Å². The number of fused-ring (bicyclic) bond motifs is 4. The summed E-state index contributed by atoms with van der Waals surface area (Å²) in [7, 11) is -0.412. The number of hydrogen-bond donors (Lipinski definition) is 1. The fourth-order valence-electron chi connectivity index (χ4n) is 8.57. The first kappa shape index (κ1) is 33.6. The topological polar surface area (TPSA) is 87.1 Å². The van der Waals surface area contributed by atoms with Crippen LogP contribution >= 0.6 is 0 Å². The first-order chi connectivity index (χ1) is 23.3. The number of rotatable bonds is 5. The first-order valence-corrected chi connectivity index (χ1v) is 19.8. The number of aryl methyl sites for hydroxylation is 1. The molecule has 7 rings (SSSR count). The Kier molecular flexibility index (Phi) is 10.2. The van der Waals surface area contributed by atoms with Crippen molar-refractivity contribution in [3.63, 3.8) is 0 Å². The van der Waals surface area contributed by atoms with Crippen molar-refractivity contribution < 1.29 is 17.9 Å². The Balaban J connectivity index is 1.37. The van der Waals surface area contributed by atoms with Crippen molar-refractivity contribution in [1.29, 1.82) is 0 Å². The zero-order valence-electron chi connectivity index (χ0n) is 28.9. The predicted molar refractivity (Wildman–Crippen MR) is 192 cm³/mol. The van der Waals surface area contributed by atoms with Gasteiger partial charge in [-0.2, -0.15) is 12.7 Å². The van der Waals surface area contributed by atoms with E-state index in [1.807, 2.05) is 19.2 Å². The average molecular weight is 676 g/mol.